The third-order valence-electron chi connectivity index (χ3n) is 1.54. The van der Waals surface area contributed by atoms with Crippen LogP contribution < -0.4 is 0 Å². The van der Waals surface area contributed by atoms with E-state index in [0.29, 0.717) is 0 Å². The minimum atomic E-state index is -0.187. The Morgan fingerprint density at radius 2 is 1.46 bits per heavy atom. The molecule has 0 aromatic heterocycles. The van der Waals surface area contributed by atoms with Crippen LogP contribution in [0.5, 0.6) is 0 Å². The van der Waals surface area contributed by atoms with Gasteiger partial charge in [0, 0.05) is 13.1 Å². The van der Waals surface area contributed by atoms with E-state index in [1.54, 1.807) is 4.90 Å². The molecule has 1 saturated heterocycles. The standard InChI is InChI=1S/C6H11NO2.2C2H6/c1-9-6(8)7-4-2-3-5-7;2*1-2/h2-5H2,1H3;2*1-2H3. The third-order valence-corrected chi connectivity index (χ3v) is 1.54. The summed E-state index contributed by atoms with van der Waals surface area (Å²) in [5.41, 5.74) is 0. The van der Waals surface area contributed by atoms with Gasteiger partial charge in [-0.05, 0) is 12.8 Å². The average molecular weight is 189 g/mol. The van der Waals surface area contributed by atoms with Gasteiger partial charge in [0.25, 0.3) is 0 Å². The van der Waals surface area contributed by atoms with Crippen LogP contribution in [0.1, 0.15) is 40.5 Å². The van der Waals surface area contributed by atoms with Gasteiger partial charge in [-0.3, -0.25) is 0 Å². The Kier molecular flexibility index (Phi) is 12.8. The van der Waals surface area contributed by atoms with Crippen LogP contribution in [-0.4, -0.2) is 31.2 Å². The minimum Gasteiger partial charge on any atom is -0.453 e. The summed E-state index contributed by atoms with van der Waals surface area (Å²) in [7, 11) is 1.42. The van der Waals surface area contributed by atoms with Crippen LogP contribution in [0.15, 0.2) is 0 Å². The lowest BCUT2D eigenvalue weighted by molar-refractivity contribution is 0.133. The van der Waals surface area contributed by atoms with Gasteiger partial charge in [-0.1, -0.05) is 27.7 Å². The summed E-state index contributed by atoms with van der Waals surface area (Å²) in [6.45, 7) is 9.74. The van der Waals surface area contributed by atoms with Gasteiger partial charge < -0.3 is 9.64 Å². The fourth-order valence-electron chi connectivity index (χ4n) is 1.03. The molecule has 1 aliphatic heterocycles. The highest BCUT2D eigenvalue weighted by Gasteiger charge is 2.17. The number of ether oxygens (including phenoxy) is 1. The lowest BCUT2D eigenvalue weighted by Crippen LogP contribution is -2.27. The molecule has 0 atom stereocenters. The monoisotopic (exact) mass is 189 g/mol. The second-order valence-corrected chi connectivity index (χ2v) is 2.16. The van der Waals surface area contributed by atoms with E-state index in [4.69, 9.17) is 0 Å². The first-order valence-corrected chi connectivity index (χ1v) is 5.17. The van der Waals surface area contributed by atoms with Crippen molar-refractivity contribution in [3.05, 3.63) is 0 Å². The van der Waals surface area contributed by atoms with Crippen LogP contribution in [0.25, 0.3) is 0 Å². The number of likely N-dealkylation sites (tertiary alicyclic amines) is 1. The number of hydrogen-bond acceptors (Lipinski definition) is 2. The van der Waals surface area contributed by atoms with Crippen LogP contribution in [0.2, 0.25) is 0 Å². The van der Waals surface area contributed by atoms with Crippen LogP contribution >= 0.6 is 0 Å². The van der Waals surface area contributed by atoms with E-state index < -0.39 is 0 Å². The largest absolute Gasteiger partial charge is 0.453 e. The zero-order valence-corrected chi connectivity index (χ0v) is 9.59. The molecule has 0 spiro atoms. The molecule has 13 heavy (non-hydrogen) atoms. The zero-order valence-electron chi connectivity index (χ0n) is 9.59. The predicted molar refractivity (Wildman–Crippen MR) is 55.9 cm³/mol. The molecule has 0 N–H and O–H groups in total. The first-order valence-electron chi connectivity index (χ1n) is 5.17. The molecule has 0 unspecified atom stereocenters. The van der Waals surface area contributed by atoms with Crippen molar-refractivity contribution < 1.29 is 9.53 Å². The lowest BCUT2D eigenvalue weighted by Gasteiger charge is -2.11. The Balaban J connectivity index is 0. The van der Waals surface area contributed by atoms with Crippen molar-refractivity contribution in [2.24, 2.45) is 0 Å². The van der Waals surface area contributed by atoms with Gasteiger partial charge in [-0.2, -0.15) is 0 Å². The molecular formula is C10H23NO2. The molecule has 1 amide bonds. The van der Waals surface area contributed by atoms with E-state index in [2.05, 4.69) is 4.74 Å². The first-order chi connectivity index (χ1) is 6.34. The summed E-state index contributed by atoms with van der Waals surface area (Å²) in [5, 5.41) is 0. The first kappa shape index (κ1) is 14.8. The lowest BCUT2D eigenvalue weighted by atomic mass is 10.4. The predicted octanol–water partition coefficient (Wildman–Crippen LogP) is 2.90. The molecule has 1 heterocycles. The van der Waals surface area contributed by atoms with Gasteiger partial charge in [0.15, 0.2) is 0 Å². The van der Waals surface area contributed by atoms with E-state index in [-0.39, 0.29) is 6.09 Å². The Labute approximate surface area is 82.1 Å². The smallest absolute Gasteiger partial charge is 0.409 e. The number of rotatable bonds is 0. The van der Waals surface area contributed by atoms with E-state index >= 15 is 0 Å². The second-order valence-electron chi connectivity index (χ2n) is 2.16. The summed E-state index contributed by atoms with van der Waals surface area (Å²) < 4.78 is 4.52. The molecule has 0 bridgehead atoms. The number of carbonyl (C=O) groups is 1. The maximum absolute atomic E-state index is 10.7. The van der Waals surface area contributed by atoms with Crippen LogP contribution in [0.4, 0.5) is 4.79 Å². The summed E-state index contributed by atoms with van der Waals surface area (Å²) in [5.74, 6) is 0. The summed E-state index contributed by atoms with van der Waals surface area (Å²) >= 11 is 0. The van der Waals surface area contributed by atoms with Gasteiger partial charge in [0.05, 0.1) is 7.11 Å². The van der Waals surface area contributed by atoms with Crippen LogP contribution in [0.3, 0.4) is 0 Å². The average Bonchev–Trinajstić information content (AvgIpc) is 2.76. The maximum atomic E-state index is 10.7. The van der Waals surface area contributed by atoms with Crippen molar-refractivity contribution in [2.45, 2.75) is 40.5 Å². The molecule has 3 nitrogen and oxygen atoms in total. The highest BCUT2D eigenvalue weighted by molar-refractivity contribution is 5.67. The number of nitrogens with zero attached hydrogens (tertiary/aromatic N) is 1. The van der Waals surface area contributed by atoms with E-state index in [1.807, 2.05) is 27.7 Å². The summed E-state index contributed by atoms with van der Waals surface area (Å²) in [4.78, 5) is 12.4. The van der Waals surface area contributed by atoms with Crippen molar-refractivity contribution in [3.8, 4) is 0 Å². The summed E-state index contributed by atoms with van der Waals surface area (Å²) in [6.07, 6.45) is 2.05. The van der Waals surface area contributed by atoms with Crippen molar-refractivity contribution in [2.75, 3.05) is 20.2 Å². The number of hydrogen-bond donors (Lipinski definition) is 0. The number of amides is 1. The van der Waals surface area contributed by atoms with Crippen LogP contribution in [0, 0.1) is 0 Å². The van der Waals surface area contributed by atoms with Crippen molar-refractivity contribution in [3.63, 3.8) is 0 Å². The highest BCUT2D eigenvalue weighted by Crippen LogP contribution is 2.07. The molecule has 0 saturated carbocycles. The maximum Gasteiger partial charge on any atom is 0.409 e. The fraction of sp³-hybridized carbons (Fsp3) is 0.900. The second kappa shape index (κ2) is 11.3. The van der Waals surface area contributed by atoms with Crippen molar-refractivity contribution >= 4 is 6.09 Å². The minimum absolute atomic E-state index is 0.187. The molecule has 3 heteroatoms. The van der Waals surface area contributed by atoms with Gasteiger partial charge in [0.1, 0.15) is 0 Å². The summed E-state index contributed by atoms with van der Waals surface area (Å²) in [6, 6.07) is 0. The Hall–Kier alpha value is -0.730. The Bertz CT molecular complexity index is 109. The number of methoxy groups -OCH3 is 1. The molecule has 0 aromatic carbocycles. The molecule has 0 aliphatic carbocycles. The van der Waals surface area contributed by atoms with Gasteiger partial charge in [-0.15, -0.1) is 0 Å². The SMILES string of the molecule is CC.CC.COC(=O)N1CCCC1. The normalized spacial score (nSPS) is 13.5. The van der Waals surface area contributed by atoms with E-state index in [0.717, 1.165) is 25.9 Å². The highest BCUT2D eigenvalue weighted by atomic mass is 16.5. The van der Waals surface area contributed by atoms with Gasteiger partial charge in [0.2, 0.25) is 0 Å². The zero-order chi connectivity index (χ0) is 10.7. The molecule has 0 aromatic rings. The topological polar surface area (TPSA) is 29.5 Å². The van der Waals surface area contributed by atoms with Crippen molar-refractivity contribution in [1.29, 1.82) is 0 Å². The Morgan fingerprint density at radius 3 is 1.77 bits per heavy atom. The van der Waals surface area contributed by atoms with Gasteiger partial charge in [-0.25, -0.2) is 4.79 Å². The molecule has 1 fully saturated rings. The van der Waals surface area contributed by atoms with Gasteiger partial charge >= 0.3 is 6.09 Å². The Morgan fingerprint density at radius 1 is 1.08 bits per heavy atom. The van der Waals surface area contributed by atoms with E-state index in [1.165, 1.54) is 7.11 Å². The molecular weight excluding hydrogens is 166 g/mol. The van der Waals surface area contributed by atoms with E-state index in [9.17, 15) is 4.79 Å². The molecule has 1 rings (SSSR count). The molecule has 0 radical (unpaired) electrons. The fourth-order valence-corrected chi connectivity index (χ4v) is 1.03. The molecule has 1 aliphatic rings. The quantitative estimate of drug-likeness (QED) is 0.586. The number of carbonyl (C=O) groups excluding carboxylic acids is 1. The molecule has 80 valence electrons. The third kappa shape index (κ3) is 6.43. The van der Waals surface area contributed by atoms with Crippen LogP contribution in [-0.2, 0) is 4.74 Å². The van der Waals surface area contributed by atoms with Crippen molar-refractivity contribution in [1.82, 2.24) is 4.90 Å².